The largest absolute Gasteiger partial charge is 0.296 e. The summed E-state index contributed by atoms with van der Waals surface area (Å²) in [5, 5.41) is 2.47. The topological polar surface area (TPSA) is 46.2 Å². The molecule has 3 nitrogen and oxygen atoms in total. The Morgan fingerprint density at radius 2 is 2.05 bits per heavy atom. The number of benzene rings is 1. The second-order valence-electron chi connectivity index (χ2n) is 5.97. The van der Waals surface area contributed by atoms with Crippen molar-refractivity contribution < 1.29 is 9.59 Å². The van der Waals surface area contributed by atoms with Crippen LogP contribution in [0.2, 0.25) is 0 Å². The predicted octanol–water partition coefficient (Wildman–Crippen LogP) is 3.55. The van der Waals surface area contributed by atoms with Crippen molar-refractivity contribution in [3.63, 3.8) is 0 Å². The molecule has 1 heterocycles. The zero-order valence-electron chi connectivity index (χ0n) is 12.1. The van der Waals surface area contributed by atoms with Gasteiger partial charge in [-0.3, -0.25) is 14.9 Å². The van der Waals surface area contributed by atoms with Gasteiger partial charge in [-0.15, -0.1) is 0 Å². The van der Waals surface area contributed by atoms with E-state index in [-0.39, 0.29) is 23.7 Å². The molecule has 1 fully saturated rings. The molecule has 0 aliphatic carbocycles. The van der Waals surface area contributed by atoms with Crippen LogP contribution in [0.4, 0.5) is 0 Å². The average molecular weight is 338 g/mol. The summed E-state index contributed by atoms with van der Waals surface area (Å²) in [6, 6.07) is 6.10. The summed E-state index contributed by atoms with van der Waals surface area (Å²) in [4.78, 5) is 23.8. The molecule has 2 amide bonds. The van der Waals surface area contributed by atoms with Crippen LogP contribution < -0.4 is 5.32 Å². The van der Waals surface area contributed by atoms with Gasteiger partial charge in [-0.1, -0.05) is 41.9 Å². The highest BCUT2D eigenvalue weighted by molar-refractivity contribution is 9.10. The van der Waals surface area contributed by atoms with Gasteiger partial charge in [0, 0.05) is 22.7 Å². The van der Waals surface area contributed by atoms with E-state index in [0.717, 1.165) is 22.0 Å². The normalized spacial score (nSPS) is 23.1. The lowest BCUT2D eigenvalue weighted by molar-refractivity contribution is -0.137. The van der Waals surface area contributed by atoms with Crippen LogP contribution in [0.1, 0.15) is 43.7 Å². The maximum atomic E-state index is 12.1. The van der Waals surface area contributed by atoms with Crippen LogP contribution in [-0.2, 0) is 9.59 Å². The van der Waals surface area contributed by atoms with E-state index in [1.54, 1.807) is 0 Å². The van der Waals surface area contributed by atoms with Crippen LogP contribution in [0.25, 0.3) is 0 Å². The van der Waals surface area contributed by atoms with E-state index in [0.29, 0.717) is 12.3 Å². The molecule has 2 unspecified atom stereocenters. The van der Waals surface area contributed by atoms with Crippen molar-refractivity contribution in [3.8, 4) is 0 Å². The highest BCUT2D eigenvalue weighted by Crippen LogP contribution is 2.36. The highest BCUT2D eigenvalue weighted by atomic mass is 79.9. The molecule has 1 aromatic rings. The van der Waals surface area contributed by atoms with Crippen molar-refractivity contribution in [2.24, 2.45) is 11.8 Å². The first-order valence-electron chi connectivity index (χ1n) is 6.98. The van der Waals surface area contributed by atoms with Crippen molar-refractivity contribution in [3.05, 3.63) is 33.8 Å². The Labute approximate surface area is 128 Å². The quantitative estimate of drug-likeness (QED) is 0.857. The Kier molecular flexibility index (Phi) is 4.63. The van der Waals surface area contributed by atoms with Gasteiger partial charge in [-0.2, -0.15) is 0 Å². The van der Waals surface area contributed by atoms with Gasteiger partial charge in [-0.05, 0) is 36.5 Å². The molecule has 1 aliphatic rings. The van der Waals surface area contributed by atoms with Crippen molar-refractivity contribution in [1.29, 1.82) is 0 Å². The van der Waals surface area contributed by atoms with E-state index in [2.05, 4.69) is 35.1 Å². The van der Waals surface area contributed by atoms with Crippen molar-refractivity contribution in [1.82, 2.24) is 5.32 Å². The Balaban J connectivity index is 2.34. The molecule has 2 atom stereocenters. The SMILES string of the molecule is Cc1ccc(C2CC(=O)NC(=O)C2CC(C)C)cc1Br. The lowest BCUT2D eigenvalue weighted by Gasteiger charge is -2.31. The number of piperidine rings is 1. The van der Waals surface area contributed by atoms with E-state index in [4.69, 9.17) is 0 Å². The lowest BCUT2D eigenvalue weighted by atomic mass is 9.76. The second kappa shape index (κ2) is 6.08. The second-order valence-corrected chi connectivity index (χ2v) is 6.82. The zero-order chi connectivity index (χ0) is 14.9. The molecule has 0 radical (unpaired) electrons. The predicted molar refractivity (Wildman–Crippen MR) is 82.3 cm³/mol. The summed E-state index contributed by atoms with van der Waals surface area (Å²) in [6.07, 6.45) is 1.19. The molecule has 0 bridgehead atoms. The van der Waals surface area contributed by atoms with Crippen molar-refractivity contribution >= 4 is 27.7 Å². The van der Waals surface area contributed by atoms with Gasteiger partial charge in [0.1, 0.15) is 0 Å². The Morgan fingerprint density at radius 3 is 2.65 bits per heavy atom. The fourth-order valence-corrected chi connectivity index (χ4v) is 3.17. The number of amides is 2. The van der Waals surface area contributed by atoms with Gasteiger partial charge in [0.05, 0.1) is 0 Å². The number of hydrogen-bond donors (Lipinski definition) is 1. The van der Waals surface area contributed by atoms with E-state index in [1.807, 2.05) is 25.1 Å². The molecule has 0 aromatic heterocycles. The maximum absolute atomic E-state index is 12.1. The fourth-order valence-electron chi connectivity index (χ4n) is 2.77. The van der Waals surface area contributed by atoms with E-state index in [1.165, 1.54) is 0 Å². The van der Waals surface area contributed by atoms with Crippen molar-refractivity contribution in [2.75, 3.05) is 0 Å². The highest BCUT2D eigenvalue weighted by Gasteiger charge is 2.37. The Morgan fingerprint density at radius 1 is 1.35 bits per heavy atom. The van der Waals surface area contributed by atoms with Crippen LogP contribution in [0.15, 0.2) is 22.7 Å². The minimum atomic E-state index is -0.170. The fraction of sp³-hybridized carbons (Fsp3) is 0.500. The van der Waals surface area contributed by atoms with Gasteiger partial charge in [0.2, 0.25) is 11.8 Å². The van der Waals surface area contributed by atoms with Gasteiger partial charge in [0.15, 0.2) is 0 Å². The van der Waals surface area contributed by atoms with Crippen molar-refractivity contribution in [2.45, 2.75) is 39.5 Å². The Bertz CT molecular complexity index is 539. The molecule has 0 saturated carbocycles. The molecule has 2 rings (SSSR count). The summed E-state index contributed by atoms with van der Waals surface area (Å²) < 4.78 is 1.02. The van der Waals surface area contributed by atoms with Gasteiger partial charge >= 0.3 is 0 Å². The molecular formula is C16H20BrNO2. The Hall–Kier alpha value is -1.16. The number of imide groups is 1. The summed E-state index contributed by atoms with van der Waals surface area (Å²) in [5.41, 5.74) is 2.22. The standard InChI is InChI=1S/C16H20BrNO2/c1-9(2)6-13-12(8-15(19)18-16(13)20)11-5-4-10(3)14(17)7-11/h4-5,7,9,12-13H,6,8H2,1-3H3,(H,18,19,20). The molecule has 1 saturated heterocycles. The molecule has 0 spiro atoms. The van der Waals surface area contributed by atoms with Gasteiger partial charge in [0.25, 0.3) is 0 Å². The van der Waals surface area contributed by atoms with Crippen LogP contribution in [0, 0.1) is 18.8 Å². The summed E-state index contributed by atoms with van der Waals surface area (Å²) in [5.74, 6) is -0.0125. The van der Waals surface area contributed by atoms with E-state index >= 15 is 0 Å². The monoisotopic (exact) mass is 337 g/mol. The number of rotatable bonds is 3. The number of carbonyl (C=O) groups is 2. The third kappa shape index (κ3) is 3.29. The molecular weight excluding hydrogens is 318 g/mol. The van der Waals surface area contributed by atoms with E-state index < -0.39 is 0 Å². The number of halogens is 1. The molecule has 4 heteroatoms. The summed E-state index contributed by atoms with van der Waals surface area (Å²) in [7, 11) is 0. The van der Waals surface area contributed by atoms with E-state index in [9.17, 15) is 9.59 Å². The molecule has 108 valence electrons. The number of hydrogen-bond acceptors (Lipinski definition) is 2. The molecule has 20 heavy (non-hydrogen) atoms. The number of aryl methyl sites for hydroxylation is 1. The van der Waals surface area contributed by atoms with Gasteiger partial charge in [-0.25, -0.2) is 0 Å². The third-order valence-corrected chi connectivity index (χ3v) is 4.69. The number of nitrogens with one attached hydrogen (secondary N) is 1. The first kappa shape index (κ1) is 15.2. The maximum Gasteiger partial charge on any atom is 0.230 e. The number of carbonyl (C=O) groups excluding carboxylic acids is 2. The summed E-state index contributed by atoms with van der Waals surface area (Å²) in [6.45, 7) is 6.23. The molecule has 1 aliphatic heterocycles. The minimum absolute atomic E-state index is 0.0180. The van der Waals surface area contributed by atoms with Crippen LogP contribution in [0.5, 0.6) is 0 Å². The van der Waals surface area contributed by atoms with Gasteiger partial charge < -0.3 is 0 Å². The first-order chi connectivity index (χ1) is 9.38. The average Bonchev–Trinajstić information content (AvgIpc) is 2.35. The first-order valence-corrected chi connectivity index (χ1v) is 7.77. The minimum Gasteiger partial charge on any atom is -0.296 e. The van der Waals surface area contributed by atoms with Crippen LogP contribution in [-0.4, -0.2) is 11.8 Å². The van der Waals surface area contributed by atoms with Crippen LogP contribution in [0.3, 0.4) is 0 Å². The zero-order valence-corrected chi connectivity index (χ0v) is 13.7. The molecule has 1 N–H and O–H groups in total. The lowest BCUT2D eigenvalue weighted by Crippen LogP contribution is -2.45. The third-order valence-electron chi connectivity index (χ3n) is 3.84. The smallest absolute Gasteiger partial charge is 0.230 e. The molecule has 1 aromatic carbocycles. The summed E-state index contributed by atoms with van der Waals surface area (Å²) >= 11 is 3.53. The van der Waals surface area contributed by atoms with Crippen LogP contribution >= 0.6 is 15.9 Å².